The van der Waals surface area contributed by atoms with E-state index >= 15 is 0 Å². The molecule has 7 heteroatoms. The van der Waals surface area contributed by atoms with E-state index in [2.05, 4.69) is 5.32 Å². The third-order valence-electron chi connectivity index (χ3n) is 2.23. The van der Waals surface area contributed by atoms with E-state index < -0.39 is 16.4 Å². The van der Waals surface area contributed by atoms with E-state index in [4.69, 9.17) is 10.00 Å². The normalized spacial score (nSPS) is 10.7. The van der Waals surface area contributed by atoms with Crippen molar-refractivity contribution in [1.29, 1.82) is 5.26 Å². The molecule has 20 heavy (non-hydrogen) atoms. The fraction of sp³-hybridized carbons (Fsp3) is 0.385. The molecule has 0 spiro atoms. The van der Waals surface area contributed by atoms with Crippen LogP contribution in [0.3, 0.4) is 0 Å². The highest BCUT2D eigenvalue weighted by molar-refractivity contribution is 5.94. The van der Waals surface area contributed by atoms with Crippen LogP contribution in [0, 0.1) is 21.4 Å². The van der Waals surface area contributed by atoms with Gasteiger partial charge in [0.1, 0.15) is 12.3 Å². The Bertz CT molecular complexity index is 570. The molecule has 0 fully saturated rings. The number of hydrogen-bond acceptors (Lipinski definition) is 5. The Hall–Kier alpha value is -2.46. The molecule has 0 unspecified atom stereocenters. The van der Waals surface area contributed by atoms with Gasteiger partial charge in [0.25, 0.3) is 11.6 Å². The highest BCUT2D eigenvalue weighted by Gasteiger charge is 2.18. The monoisotopic (exact) mass is 277 g/mol. The molecular weight excluding hydrogens is 262 g/mol. The van der Waals surface area contributed by atoms with Gasteiger partial charge in [-0.3, -0.25) is 14.9 Å². The van der Waals surface area contributed by atoms with Crippen molar-refractivity contribution in [3.63, 3.8) is 0 Å². The summed E-state index contributed by atoms with van der Waals surface area (Å²) in [5, 5.41) is 22.0. The SMILES string of the molecule is CC(C)(C)OCC(=O)Nc1ccc(C#N)cc1[N+](=O)[O-]. The smallest absolute Gasteiger partial charge is 0.294 e. The molecule has 0 radical (unpaired) electrons. The van der Waals surface area contributed by atoms with E-state index in [1.165, 1.54) is 12.1 Å². The number of nitriles is 1. The minimum Gasteiger partial charge on any atom is -0.366 e. The lowest BCUT2D eigenvalue weighted by molar-refractivity contribution is -0.383. The van der Waals surface area contributed by atoms with Crippen molar-refractivity contribution in [3.05, 3.63) is 33.9 Å². The van der Waals surface area contributed by atoms with Crippen molar-refractivity contribution < 1.29 is 14.5 Å². The molecule has 0 aromatic heterocycles. The summed E-state index contributed by atoms with van der Waals surface area (Å²) < 4.78 is 5.27. The molecule has 1 N–H and O–H groups in total. The van der Waals surface area contributed by atoms with Gasteiger partial charge in [0.05, 0.1) is 22.2 Å². The topological polar surface area (TPSA) is 105 Å². The number of carbonyl (C=O) groups excluding carboxylic acids is 1. The number of benzene rings is 1. The van der Waals surface area contributed by atoms with Gasteiger partial charge in [0.2, 0.25) is 0 Å². The second-order valence-corrected chi connectivity index (χ2v) is 5.05. The Kier molecular flexibility index (Phi) is 4.78. The summed E-state index contributed by atoms with van der Waals surface area (Å²) >= 11 is 0. The second kappa shape index (κ2) is 6.12. The summed E-state index contributed by atoms with van der Waals surface area (Å²) in [5.41, 5.74) is -0.612. The summed E-state index contributed by atoms with van der Waals surface area (Å²) in [7, 11) is 0. The van der Waals surface area contributed by atoms with E-state index in [-0.39, 0.29) is 23.5 Å². The standard InChI is InChI=1S/C13H15N3O4/c1-13(2,3)20-8-12(17)15-10-5-4-9(7-14)6-11(10)16(18)19/h4-6H,8H2,1-3H3,(H,15,17). The first-order valence-corrected chi connectivity index (χ1v) is 5.85. The number of hydrogen-bond donors (Lipinski definition) is 1. The highest BCUT2D eigenvalue weighted by Crippen LogP contribution is 2.25. The predicted octanol–water partition coefficient (Wildman–Crippen LogP) is 2.22. The number of ether oxygens (including phenoxy) is 1. The number of nitrogens with zero attached hydrogens (tertiary/aromatic N) is 2. The van der Waals surface area contributed by atoms with Crippen LogP contribution in [-0.2, 0) is 9.53 Å². The molecule has 0 bridgehead atoms. The Morgan fingerprint density at radius 1 is 1.50 bits per heavy atom. The maximum absolute atomic E-state index is 11.7. The lowest BCUT2D eigenvalue weighted by Crippen LogP contribution is -2.27. The average molecular weight is 277 g/mol. The zero-order valence-electron chi connectivity index (χ0n) is 11.5. The number of carbonyl (C=O) groups is 1. The van der Waals surface area contributed by atoms with Crippen molar-refractivity contribution in [1.82, 2.24) is 0 Å². The molecule has 0 saturated heterocycles. The molecule has 1 aromatic carbocycles. The lowest BCUT2D eigenvalue weighted by Gasteiger charge is -2.18. The van der Waals surface area contributed by atoms with Gasteiger partial charge in [-0.25, -0.2) is 0 Å². The maximum atomic E-state index is 11.7. The van der Waals surface area contributed by atoms with Crippen molar-refractivity contribution in [2.75, 3.05) is 11.9 Å². The lowest BCUT2D eigenvalue weighted by atomic mass is 10.2. The Labute approximate surface area is 116 Å². The van der Waals surface area contributed by atoms with Crippen LogP contribution < -0.4 is 5.32 Å². The second-order valence-electron chi connectivity index (χ2n) is 5.05. The molecule has 0 aliphatic carbocycles. The molecule has 1 rings (SSSR count). The van der Waals surface area contributed by atoms with Gasteiger partial charge in [-0.2, -0.15) is 5.26 Å². The first-order valence-electron chi connectivity index (χ1n) is 5.85. The molecule has 7 nitrogen and oxygen atoms in total. The summed E-state index contributed by atoms with van der Waals surface area (Å²) in [6.45, 7) is 5.18. The zero-order valence-corrected chi connectivity index (χ0v) is 11.5. The number of amides is 1. The molecule has 0 atom stereocenters. The van der Waals surface area contributed by atoms with Crippen LogP contribution in [0.5, 0.6) is 0 Å². The number of anilines is 1. The van der Waals surface area contributed by atoms with Crippen LogP contribution in [0.2, 0.25) is 0 Å². The number of rotatable bonds is 4. The van der Waals surface area contributed by atoms with Crippen LogP contribution in [0.25, 0.3) is 0 Å². The third kappa shape index (κ3) is 4.66. The van der Waals surface area contributed by atoms with Crippen molar-refractivity contribution in [2.45, 2.75) is 26.4 Å². The first kappa shape index (κ1) is 15.6. The van der Waals surface area contributed by atoms with Gasteiger partial charge in [-0.05, 0) is 32.9 Å². The van der Waals surface area contributed by atoms with Gasteiger partial charge >= 0.3 is 0 Å². The Morgan fingerprint density at radius 3 is 2.65 bits per heavy atom. The molecular formula is C13H15N3O4. The summed E-state index contributed by atoms with van der Waals surface area (Å²) in [6.07, 6.45) is 0. The minimum atomic E-state index is -0.652. The fourth-order valence-electron chi connectivity index (χ4n) is 1.33. The van der Waals surface area contributed by atoms with Crippen LogP contribution in [-0.4, -0.2) is 23.0 Å². The van der Waals surface area contributed by atoms with Gasteiger partial charge in [-0.15, -0.1) is 0 Å². The molecule has 1 amide bonds. The van der Waals surface area contributed by atoms with Crippen molar-refractivity contribution in [2.24, 2.45) is 0 Å². The Balaban J connectivity index is 2.85. The predicted molar refractivity (Wildman–Crippen MR) is 72.1 cm³/mol. The number of nitro groups is 1. The minimum absolute atomic E-state index is 0.0384. The average Bonchev–Trinajstić information content (AvgIpc) is 2.35. The van der Waals surface area contributed by atoms with Gasteiger partial charge in [-0.1, -0.05) is 0 Å². The van der Waals surface area contributed by atoms with Crippen LogP contribution in [0.15, 0.2) is 18.2 Å². The molecule has 1 aromatic rings. The van der Waals surface area contributed by atoms with Crippen LogP contribution >= 0.6 is 0 Å². The zero-order chi connectivity index (χ0) is 15.3. The van der Waals surface area contributed by atoms with E-state index in [1.54, 1.807) is 26.8 Å². The van der Waals surface area contributed by atoms with E-state index in [1.807, 2.05) is 0 Å². The van der Waals surface area contributed by atoms with E-state index in [0.29, 0.717) is 0 Å². The summed E-state index contributed by atoms with van der Waals surface area (Å²) in [6, 6.07) is 5.64. The number of nitro benzene ring substituents is 1. The maximum Gasteiger partial charge on any atom is 0.294 e. The highest BCUT2D eigenvalue weighted by atomic mass is 16.6. The number of nitrogens with one attached hydrogen (secondary N) is 1. The largest absolute Gasteiger partial charge is 0.366 e. The molecule has 0 aliphatic rings. The molecule has 0 saturated carbocycles. The van der Waals surface area contributed by atoms with Gasteiger partial charge < -0.3 is 10.1 Å². The summed E-state index contributed by atoms with van der Waals surface area (Å²) in [4.78, 5) is 21.9. The molecule has 0 heterocycles. The molecule has 0 aliphatic heterocycles. The van der Waals surface area contributed by atoms with E-state index in [9.17, 15) is 14.9 Å². The molecule has 106 valence electrons. The summed E-state index contributed by atoms with van der Waals surface area (Å²) in [5.74, 6) is -0.493. The fourth-order valence-corrected chi connectivity index (χ4v) is 1.33. The van der Waals surface area contributed by atoms with Crippen molar-refractivity contribution in [3.8, 4) is 6.07 Å². The first-order chi connectivity index (χ1) is 9.23. The van der Waals surface area contributed by atoms with Crippen LogP contribution in [0.4, 0.5) is 11.4 Å². The van der Waals surface area contributed by atoms with Crippen molar-refractivity contribution >= 4 is 17.3 Å². The van der Waals surface area contributed by atoms with Gasteiger partial charge in [0, 0.05) is 6.07 Å². The quantitative estimate of drug-likeness (QED) is 0.671. The van der Waals surface area contributed by atoms with Gasteiger partial charge in [0.15, 0.2) is 0 Å². The Morgan fingerprint density at radius 2 is 2.15 bits per heavy atom. The van der Waals surface area contributed by atoms with Crippen LogP contribution in [0.1, 0.15) is 26.3 Å². The third-order valence-corrected chi connectivity index (χ3v) is 2.23. The van der Waals surface area contributed by atoms with E-state index in [0.717, 1.165) is 6.07 Å².